The third kappa shape index (κ3) is 4.00. The van der Waals surface area contributed by atoms with Gasteiger partial charge in [-0.1, -0.05) is 19.4 Å². The summed E-state index contributed by atoms with van der Waals surface area (Å²) in [5, 5.41) is 2.86. The third-order valence-electron chi connectivity index (χ3n) is 4.00. The Kier molecular flexibility index (Phi) is 5.41. The molecule has 0 saturated heterocycles. The molecule has 1 N–H and O–H groups in total. The summed E-state index contributed by atoms with van der Waals surface area (Å²) in [5.41, 5.74) is 0.696. The molecule has 2 unspecified atom stereocenters. The molecule has 5 heteroatoms. The summed E-state index contributed by atoms with van der Waals surface area (Å²) in [6, 6.07) is 7.22. The SMILES string of the molecule is CCCCN(C)C(=O)C1CC1C(=O)Nc1cccc(OC)c1. The van der Waals surface area contributed by atoms with E-state index in [1.165, 1.54) is 0 Å². The second kappa shape index (κ2) is 7.29. The van der Waals surface area contributed by atoms with Crippen LogP contribution in [0.5, 0.6) is 5.75 Å². The number of nitrogens with zero attached hydrogens (tertiary/aromatic N) is 1. The zero-order valence-electron chi connectivity index (χ0n) is 13.5. The van der Waals surface area contributed by atoms with Crippen LogP contribution in [0.25, 0.3) is 0 Å². The van der Waals surface area contributed by atoms with Gasteiger partial charge in [-0.25, -0.2) is 0 Å². The first-order chi connectivity index (χ1) is 10.6. The molecular formula is C17H24N2O3. The molecule has 1 saturated carbocycles. The van der Waals surface area contributed by atoms with Crippen LogP contribution in [0.1, 0.15) is 26.2 Å². The summed E-state index contributed by atoms with van der Waals surface area (Å²) < 4.78 is 5.13. The summed E-state index contributed by atoms with van der Waals surface area (Å²) in [4.78, 5) is 26.2. The largest absolute Gasteiger partial charge is 0.497 e. The summed E-state index contributed by atoms with van der Waals surface area (Å²) in [6.07, 6.45) is 2.70. The molecule has 2 atom stereocenters. The van der Waals surface area contributed by atoms with E-state index < -0.39 is 0 Å². The molecule has 1 aromatic carbocycles. The van der Waals surface area contributed by atoms with E-state index in [0.717, 1.165) is 19.4 Å². The number of hydrogen-bond donors (Lipinski definition) is 1. The van der Waals surface area contributed by atoms with Gasteiger partial charge in [-0.15, -0.1) is 0 Å². The molecule has 0 heterocycles. The van der Waals surface area contributed by atoms with E-state index in [0.29, 0.717) is 17.9 Å². The van der Waals surface area contributed by atoms with Gasteiger partial charge in [0.2, 0.25) is 11.8 Å². The molecule has 1 fully saturated rings. The number of carbonyl (C=O) groups excluding carboxylic acids is 2. The maximum atomic E-state index is 12.2. The van der Waals surface area contributed by atoms with Crippen molar-refractivity contribution in [2.24, 2.45) is 11.8 Å². The maximum Gasteiger partial charge on any atom is 0.228 e. The third-order valence-corrected chi connectivity index (χ3v) is 4.00. The van der Waals surface area contributed by atoms with E-state index in [9.17, 15) is 9.59 Å². The lowest BCUT2D eigenvalue weighted by atomic mass is 10.2. The smallest absolute Gasteiger partial charge is 0.228 e. The predicted molar refractivity (Wildman–Crippen MR) is 85.8 cm³/mol. The standard InChI is InChI=1S/C17H24N2O3/c1-4-5-9-19(2)17(21)15-11-14(15)16(20)18-12-7-6-8-13(10-12)22-3/h6-8,10,14-15H,4-5,9,11H2,1-3H3,(H,18,20). The number of nitrogens with one attached hydrogen (secondary N) is 1. The summed E-state index contributed by atoms with van der Waals surface area (Å²) in [7, 11) is 3.40. The molecule has 1 aliphatic rings. The number of rotatable bonds is 7. The van der Waals surface area contributed by atoms with Gasteiger partial charge in [0.05, 0.1) is 18.9 Å². The van der Waals surface area contributed by atoms with Crippen molar-refractivity contribution < 1.29 is 14.3 Å². The number of benzene rings is 1. The molecule has 120 valence electrons. The van der Waals surface area contributed by atoms with Gasteiger partial charge in [0.15, 0.2) is 0 Å². The number of hydrogen-bond acceptors (Lipinski definition) is 3. The van der Waals surface area contributed by atoms with Crippen molar-refractivity contribution in [1.82, 2.24) is 4.90 Å². The lowest BCUT2D eigenvalue weighted by Gasteiger charge is -2.16. The van der Waals surface area contributed by atoms with Crippen LogP contribution < -0.4 is 10.1 Å². The molecule has 0 aliphatic heterocycles. The van der Waals surface area contributed by atoms with Gasteiger partial charge >= 0.3 is 0 Å². The minimum atomic E-state index is -0.206. The average Bonchev–Trinajstić information content (AvgIpc) is 3.32. The topological polar surface area (TPSA) is 58.6 Å². The van der Waals surface area contributed by atoms with Crippen LogP contribution in [-0.4, -0.2) is 37.4 Å². The van der Waals surface area contributed by atoms with Crippen LogP contribution in [0.2, 0.25) is 0 Å². The summed E-state index contributed by atoms with van der Waals surface area (Å²) in [5.74, 6) is 0.325. The van der Waals surface area contributed by atoms with Crippen molar-refractivity contribution in [3.8, 4) is 5.75 Å². The number of amides is 2. The molecule has 1 aromatic rings. The molecule has 0 spiro atoms. The van der Waals surface area contributed by atoms with E-state index in [1.807, 2.05) is 25.2 Å². The van der Waals surface area contributed by atoms with Crippen LogP contribution in [0.4, 0.5) is 5.69 Å². The Bertz CT molecular complexity index is 544. The first-order valence-electron chi connectivity index (χ1n) is 7.76. The van der Waals surface area contributed by atoms with Crippen molar-refractivity contribution in [2.45, 2.75) is 26.2 Å². The van der Waals surface area contributed by atoms with E-state index >= 15 is 0 Å². The Morgan fingerprint density at radius 1 is 1.36 bits per heavy atom. The molecule has 2 rings (SSSR count). The number of ether oxygens (including phenoxy) is 1. The van der Waals surface area contributed by atoms with Gasteiger partial charge in [-0.05, 0) is 25.0 Å². The van der Waals surface area contributed by atoms with Crippen LogP contribution in [0.3, 0.4) is 0 Å². The van der Waals surface area contributed by atoms with Crippen molar-refractivity contribution in [3.05, 3.63) is 24.3 Å². The highest BCUT2D eigenvalue weighted by atomic mass is 16.5. The second-order valence-electron chi connectivity index (χ2n) is 5.78. The minimum Gasteiger partial charge on any atom is -0.497 e. The molecular weight excluding hydrogens is 280 g/mol. The van der Waals surface area contributed by atoms with Gasteiger partial charge in [0.1, 0.15) is 5.75 Å². The molecule has 0 aromatic heterocycles. The highest BCUT2D eigenvalue weighted by Crippen LogP contribution is 2.40. The van der Waals surface area contributed by atoms with Gasteiger partial charge in [0, 0.05) is 25.3 Å². The lowest BCUT2D eigenvalue weighted by Crippen LogP contribution is -2.30. The molecule has 0 radical (unpaired) electrons. The van der Waals surface area contributed by atoms with Crippen LogP contribution in [0, 0.1) is 11.8 Å². The highest BCUT2D eigenvalue weighted by molar-refractivity contribution is 5.99. The maximum absolute atomic E-state index is 12.2. The Hall–Kier alpha value is -2.04. The minimum absolute atomic E-state index is 0.0826. The van der Waals surface area contributed by atoms with E-state index in [1.54, 1.807) is 18.1 Å². The first kappa shape index (κ1) is 16.3. The fourth-order valence-corrected chi connectivity index (χ4v) is 2.48. The fraction of sp³-hybridized carbons (Fsp3) is 0.529. The molecule has 5 nitrogen and oxygen atoms in total. The number of unbranched alkanes of at least 4 members (excludes halogenated alkanes) is 1. The van der Waals surface area contributed by atoms with Gasteiger partial charge < -0.3 is 15.0 Å². The summed E-state index contributed by atoms with van der Waals surface area (Å²) >= 11 is 0. The van der Waals surface area contributed by atoms with Crippen molar-refractivity contribution in [2.75, 3.05) is 26.0 Å². The molecule has 2 amide bonds. The van der Waals surface area contributed by atoms with Gasteiger partial charge in [-0.2, -0.15) is 0 Å². The number of carbonyl (C=O) groups is 2. The zero-order valence-corrected chi connectivity index (χ0v) is 13.5. The highest BCUT2D eigenvalue weighted by Gasteiger charge is 2.48. The first-order valence-corrected chi connectivity index (χ1v) is 7.76. The van der Waals surface area contributed by atoms with Crippen molar-refractivity contribution in [1.29, 1.82) is 0 Å². The molecule has 0 bridgehead atoms. The number of anilines is 1. The normalized spacial score (nSPS) is 19.4. The molecule has 1 aliphatic carbocycles. The average molecular weight is 304 g/mol. The van der Waals surface area contributed by atoms with Crippen molar-refractivity contribution in [3.63, 3.8) is 0 Å². The molecule has 22 heavy (non-hydrogen) atoms. The summed E-state index contributed by atoms with van der Waals surface area (Å²) in [6.45, 7) is 2.86. The quantitative estimate of drug-likeness (QED) is 0.842. The zero-order chi connectivity index (χ0) is 16.1. The Labute approximate surface area is 131 Å². The van der Waals surface area contributed by atoms with Gasteiger partial charge in [0.25, 0.3) is 0 Å². The lowest BCUT2D eigenvalue weighted by molar-refractivity contribution is -0.132. The van der Waals surface area contributed by atoms with E-state index in [4.69, 9.17) is 4.74 Å². The van der Waals surface area contributed by atoms with Crippen molar-refractivity contribution >= 4 is 17.5 Å². The predicted octanol–water partition coefficient (Wildman–Crippen LogP) is 2.53. The van der Waals surface area contributed by atoms with E-state index in [2.05, 4.69) is 12.2 Å². The van der Waals surface area contributed by atoms with Crippen LogP contribution in [-0.2, 0) is 9.59 Å². The second-order valence-corrected chi connectivity index (χ2v) is 5.78. The Balaban J connectivity index is 1.86. The monoisotopic (exact) mass is 304 g/mol. The fourth-order valence-electron chi connectivity index (χ4n) is 2.48. The Morgan fingerprint density at radius 3 is 2.82 bits per heavy atom. The van der Waals surface area contributed by atoms with Crippen LogP contribution >= 0.6 is 0 Å². The Morgan fingerprint density at radius 2 is 2.14 bits per heavy atom. The number of methoxy groups -OCH3 is 1. The van der Waals surface area contributed by atoms with E-state index in [-0.39, 0.29) is 23.7 Å². The van der Waals surface area contributed by atoms with Crippen LogP contribution in [0.15, 0.2) is 24.3 Å². The van der Waals surface area contributed by atoms with Gasteiger partial charge in [-0.3, -0.25) is 9.59 Å².